The Balaban J connectivity index is 2.12. The van der Waals surface area contributed by atoms with Crippen molar-refractivity contribution in [1.29, 1.82) is 5.26 Å². The number of carbonyl (C=O) groups is 1. The molecule has 0 fully saturated rings. The summed E-state index contributed by atoms with van der Waals surface area (Å²) in [6.45, 7) is 0. The van der Waals surface area contributed by atoms with Crippen LogP contribution >= 0.6 is 0 Å². The first-order chi connectivity index (χ1) is 14.4. The molecule has 0 unspecified atom stereocenters. The normalized spacial score (nSPS) is 12.2. The van der Waals surface area contributed by atoms with E-state index in [1.165, 1.54) is 12.1 Å². The first-order valence-electron chi connectivity index (χ1n) is 8.56. The molecule has 0 saturated heterocycles. The van der Waals surface area contributed by atoms with Crippen LogP contribution in [0.3, 0.4) is 0 Å². The highest BCUT2D eigenvalue weighted by Gasteiger charge is 2.23. The molecule has 3 N–H and O–H groups in total. The highest BCUT2D eigenvalue weighted by Crippen LogP contribution is 2.20. The molecule has 30 heavy (non-hydrogen) atoms. The summed E-state index contributed by atoms with van der Waals surface area (Å²) in [5.74, 6) is -0.733. The Hall–Kier alpha value is -4.43. The topological polar surface area (TPSA) is 174 Å². The van der Waals surface area contributed by atoms with E-state index in [4.69, 9.17) is 5.26 Å². The van der Waals surface area contributed by atoms with Gasteiger partial charge in [-0.1, -0.05) is 30.3 Å². The number of non-ortho nitro benzene ring substituents is 1. The Kier molecular flexibility index (Phi) is 5.90. The van der Waals surface area contributed by atoms with E-state index in [0.717, 1.165) is 6.07 Å². The fraction of sp³-hybridized carbons (Fsp3) is 0.105. The quantitative estimate of drug-likeness (QED) is 0.314. The molecule has 2 aromatic carbocycles. The van der Waals surface area contributed by atoms with Crippen molar-refractivity contribution in [2.45, 2.75) is 12.5 Å². The number of nitro benzene ring substituents is 1. The largest absolute Gasteiger partial charge is 0.382 e. The van der Waals surface area contributed by atoms with Crippen LogP contribution in [0.25, 0.3) is 11.0 Å². The molecular formula is C19H14N6O5. The molecule has 0 saturated carbocycles. The monoisotopic (exact) mass is 406 g/mol. The number of nitrogens with one attached hydrogen (secondary N) is 2. The Bertz CT molecular complexity index is 1250. The number of hydrogen-bond acceptors (Lipinski definition) is 8. The summed E-state index contributed by atoms with van der Waals surface area (Å²) in [6.07, 6.45) is -1.89. The fourth-order valence-electron chi connectivity index (χ4n) is 2.63. The number of nitro groups is 1. The zero-order valence-corrected chi connectivity index (χ0v) is 15.3. The Morgan fingerprint density at radius 2 is 2.07 bits per heavy atom. The molecule has 11 nitrogen and oxygen atoms in total. The number of aliphatic hydroxyl groups is 1. The number of rotatable bonds is 6. The van der Waals surface area contributed by atoms with Gasteiger partial charge >= 0.3 is 0 Å². The summed E-state index contributed by atoms with van der Waals surface area (Å²) in [5, 5.41) is 34.1. The van der Waals surface area contributed by atoms with Crippen LogP contribution in [0.1, 0.15) is 23.8 Å². The van der Waals surface area contributed by atoms with E-state index < -0.39 is 28.9 Å². The van der Waals surface area contributed by atoms with E-state index in [0.29, 0.717) is 5.56 Å². The molecule has 3 aromatic rings. The number of aliphatic hydroxyl groups excluding tert-OH is 1. The molecule has 0 aliphatic heterocycles. The van der Waals surface area contributed by atoms with Gasteiger partial charge in [-0.25, -0.2) is 10.4 Å². The van der Waals surface area contributed by atoms with Crippen molar-refractivity contribution < 1.29 is 14.8 Å². The second-order valence-corrected chi connectivity index (χ2v) is 6.05. The number of H-pyrrole nitrogens is 1. The molecule has 0 spiro atoms. The van der Waals surface area contributed by atoms with Crippen molar-refractivity contribution in [2.24, 2.45) is 5.10 Å². The molecule has 0 bridgehead atoms. The fourth-order valence-corrected chi connectivity index (χ4v) is 2.63. The standard InChI is InChI=1S/C19H14N6O5/c20-9-8-15(26)23-24-16(18(27)11-4-2-1-3-5-11)17-19(28)22-14-10-12(25(29)30)6-7-13(14)21-17/h1-7,10,18,27H,8H2,(H,22,28)(H,23,26)/b24-16+/t18-/m0/s1. The van der Waals surface area contributed by atoms with Crippen LogP contribution in [0.4, 0.5) is 5.69 Å². The summed E-state index contributed by atoms with van der Waals surface area (Å²) < 4.78 is 0. The minimum Gasteiger partial charge on any atom is -0.382 e. The average molecular weight is 406 g/mol. The summed E-state index contributed by atoms with van der Waals surface area (Å²) >= 11 is 0. The molecule has 0 aliphatic rings. The minimum atomic E-state index is -1.42. The predicted octanol–water partition coefficient (Wildman–Crippen LogP) is 1.30. The summed E-state index contributed by atoms with van der Waals surface area (Å²) in [7, 11) is 0. The number of hydrazone groups is 1. The number of carbonyl (C=O) groups excluding carboxylic acids is 1. The van der Waals surface area contributed by atoms with Crippen LogP contribution in [0.2, 0.25) is 0 Å². The Morgan fingerprint density at radius 3 is 2.73 bits per heavy atom. The zero-order chi connectivity index (χ0) is 21.7. The van der Waals surface area contributed by atoms with Gasteiger partial charge in [0.05, 0.1) is 22.0 Å². The number of nitrogens with zero attached hydrogens (tertiary/aromatic N) is 4. The summed E-state index contributed by atoms with van der Waals surface area (Å²) in [5.41, 5.74) is 1.30. The maximum Gasteiger partial charge on any atom is 0.276 e. The lowest BCUT2D eigenvalue weighted by molar-refractivity contribution is -0.384. The zero-order valence-electron chi connectivity index (χ0n) is 15.3. The number of amides is 1. The first-order valence-corrected chi connectivity index (χ1v) is 8.56. The third kappa shape index (κ3) is 4.34. The van der Waals surface area contributed by atoms with Crippen molar-refractivity contribution in [3.8, 4) is 6.07 Å². The van der Waals surface area contributed by atoms with Gasteiger partial charge in [-0.2, -0.15) is 10.4 Å². The van der Waals surface area contributed by atoms with Crippen molar-refractivity contribution in [1.82, 2.24) is 15.4 Å². The van der Waals surface area contributed by atoms with E-state index >= 15 is 0 Å². The lowest BCUT2D eigenvalue weighted by atomic mass is 10.0. The van der Waals surface area contributed by atoms with Gasteiger partial charge in [0.15, 0.2) is 5.69 Å². The third-order valence-corrected chi connectivity index (χ3v) is 4.04. The van der Waals surface area contributed by atoms with Crippen LogP contribution < -0.4 is 11.0 Å². The van der Waals surface area contributed by atoms with Crippen molar-refractivity contribution in [3.63, 3.8) is 0 Å². The Morgan fingerprint density at radius 1 is 1.33 bits per heavy atom. The lowest BCUT2D eigenvalue weighted by Crippen LogP contribution is -2.29. The molecule has 3 rings (SSSR count). The van der Waals surface area contributed by atoms with Gasteiger partial charge in [0.25, 0.3) is 17.2 Å². The van der Waals surface area contributed by atoms with E-state index in [9.17, 15) is 24.8 Å². The maximum absolute atomic E-state index is 12.6. The van der Waals surface area contributed by atoms with Crippen LogP contribution in [-0.2, 0) is 4.79 Å². The lowest BCUT2D eigenvalue weighted by Gasteiger charge is -2.14. The number of aromatic nitrogens is 2. The van der Waals surface area contributed by atoms with E-state index in [1.54, 1.807) is 36.4 Å². The van der Waals surface area contributed by atoms with Gasteiger partial charge in [0.2, 0.25) is 0 Å². The molecule has 0 aliphatic carbocycles. The molecule has 11 heteroatoms. The maximum atomic E-state index is 12.6. The number of benzene rings is 2. The predicted molar refractivity (Wildman–Crippen MR) is 105 cm³/mol. The van der Waals surface area contributed by atoms with E-state index in [2.05, 4.69) is 20.5 Å². The Labute approximate surface area is 168 Å². The van der Waals surface area contributed by atoms with Gasteiger partial charge in [-0.05, 0) is 11.6 Å². The molecule has 1 atom stereocenters. The van der Waals surface area contributed by atoms with Gasteiger partial charge in [-0.15, -0.1) is 0 Å². The first kappa shape index (κ1) is 20.3. The van der Waals surface area contributed by atoms with Crippen LogP contribution in [-0.4, -0.2) is 31.6 Å². The SMILES string of the molecule is N#CCC(=O)N/N=C(\c1nc2ccc([N+](=O)[O-])cc2[nH]c1=O)[C@@H](O)c1ccccc1. The van der Waals surface area contributed by atoms with E-state index in [1.807, 2.05) is 0 Å². The highest BCUT2D eigenvalue weighted by atomic mass is 16.6. The van der Waals surface area contributed by atoms with Crippen LogP contribution in [0.15, 0.2) is 58.4 Å². The second-order valence-electron chi connectivity index (χ2n) is 6.05. The van der Waals surface area contributed by atoms with E-state index in [-0.39, 0.29) is 28.1 Å². The molecule has 0 radical (unpaired) electrons. The molecule has 1 heterocycles. The van der Waals surface area contributed by atoms with Gasteiger partial charge in [0, 0.05) is 12.1 Å². The van der Waals surface area contributed by atoms with Crippen molar-refractivity contribution in [2.75, 3.05) is 0 Å². The van der Waals surface area contributed by atoms with Crippen molar-refractivity contribution in [3.05, 3.63) is 80.3 Å². The van der Waals surface area contributed by atoms with Gasteiger partial charge in [0.1, 0.15) is 18.2 Å². The van der Waals surface area contributed by atoms with Gasteiger partial charge in [-0.3, -0.25) is 19.7 Å². The van der Waals surface area contributed by atoms with Gasteiger partial charge < -0.3 is 10.1 Å². The highest BCUT2D eigenvalue weighted by molar-refractivity contribution is 6.03. The molecule has 150 valence electrons. The molecule has 1 amide bonds. The van der Waals surface area contributed by atoms with Crippen molar-refractivity contribution >= 4 is 28.3 Å². The molecule has 1 aromatic heterocycles. The van der Waals surface area contributed by atoms with Crippen LogP contribution in [0.5, 0.6) is 0 Å². The number of fused-ring (bicyclic) bond motifs is 1. The smallest absolute Gasteiger partial charge is 0.276 e. The third-order valence-electron chi connectivity index (χ3n) is 4.04. The average Bonchev–Trinajstić information content (AvgIpc) is 2.74. The second kappa shape index (κ2) is 8.72. The summed E-state index contributed by atoms with van der Waals surface area (Å²) in [4.78, 5) is 41.2. The summed E-state index contributed by atoms with van der Waals surface area (Å²) in [6, 6.07) is 13.6. The number of aromatic amines is 1. The molecular weight excluding hydrogens is 392 g/mol. The minimum absolute atomic E-state index is 0.125. The number of hydrogen-bond donors (Lipinski definition) is 3. The van der Waals surface area contributed by atoms with Crippen LogP contribution in [0, 0.1) is 21.4 Å². The number of nitriles is 1.